The molecule has 0 spiro atoms. The molecule has 1 N–H and O–H groups in total. The van der Waals surface area contributed by atoms with Gasteiger partial charge in [-0.3, -0.25) is 9.69 Å². The Bertz CT molecular complexity index is 281. The molecule has 4 nitrogen and oxygen atoms in total. The number of nitrogens with one attached hydrogen (secondary N) is 1. The van der Waals surface area contributed by atoms with Gasteiger partial charge in [0.2, 0.25) is 0 Å². The zero-order chi connectivity index (χ0) is 15.2. The molecule has 0 aliphatic carbocycles. The second kappa shape index (κ2) is 7.69. The Morgan fingerprint density at radius 3 is 2.11 bits per heavy atom. The summed E-state index contributed by atoms with van der Waals surface area (Å²) < 4.78 is 42.1. The van der Waals surface area contributed by atoms with Gasteiger partial charge >= 0.3 is 12.1 Å². The first-order valence-corrected chi connectivity index (χ1v) is 6.21. The number of methoxy groups -OCH3 is 1. The van der Waals surface area contributed by atoms with E-state index in [2.05, 4.69) is 10.1 Å². The zero-order valence-electron chi connectivity index (χ0n) is 12.0. The van der Waals surface area contributed by atoms with Crippen LogP contribution in [0.1, 0.15) is 27.7 Å². The number of carbonyl (C=O) groups is 1. The van der Waals surface area contributed by atoms with Crippen LogP contribution in [0, 0.1) is 0 Å². The number of halogens is 3. The molecule has 0 bridgehead atoms. The fourth-order valence-corrected chi connectivity index (χ4v) is 1.66. The van der Waals surface area contributed by atoms with E-state index < -0.39 is 24.7 Å². The van der Waals surface area contributed by atoms with Crippen molar-refractivity contribution in [3.63, 3.8) is 0 Å². The Morgan fingerprint density at radius 1 is 1.26 bits per heavy atom. The Balaban J connectivity index is 4.78. The van der Waals surface area contributed by atoms with Crippen molar-refractivity contribution in [3.05, 3.63) is 0 Å². The molecule has 0 amide bonds. The lowest BCUT2D eigenvalue weighted by atomic mass is 10.2. The van der Waals surface area contributed by atoms with Crippen LogP contribution in [0.5, 0.6) is 0 Å². The van der Waals surface area contributed by atoms with Gasteiger partial charge in [-0.25, -0.2) is 0 Å². The Labute approximate surface area is 112 Å². The summed E-state index contributed by atoms with van der Waals surface area (Å²) in [5.74, 6) is -0.554. The van der Waals surface area contributed by atoms with E-state index in [-0.39, 0.29) is 18.6 Å². The van der Waals surface area contributed by atoms with Crippen LogP contribution in [0.15, 0.2) is 0 Å². The molecule has 1 unspecified atom stereocenters. The Kier molecular flexibility index (Phi) is 7.36. The minimum atomic E-state index is -4.29. The lowest BCUT2D eigenvalue weighted by Crippen LogP contribution is -2.52. The highest BCUT2D eigenvalue weighted by Gasteiger charge is 2.34. The summed E-state index contributed by atoms with van der Waals surface area (Å²) in [6.07, 6.45) is -4.29. The molecule has 114 valence electrons. The fraction of sp³-hybridized carbons (Fsp3) is 0.917. The van der Waals surface area contributed by atoms with Gasteiger partial charge in [-0.2, -0.15) is 13.2 Å². The van der Waals surface area contributed by atoms with Gasteiger partial charge in [0.05, 0.1) is 13.7 Å². The summed E-state index contributed by atoms with van der Waals surface area (Å²) in [6, 6.07) is -1.11. The van der Waals surface area contributed by atoms with Gasteiger partial charge in [0.25, 0.3) is 0 Å². The third kappa shape index (κ3) is 8.05. The van der Waals surface area contributed by atoms with E-state index in [9.17, 15) is 18.0 Å². The molecule has 0 saturated heterocycles. The van der Waals surface area contributed by atoms with Crippen LogP contribution in [0.4, 0.5) is 13.2 Å². The van der Waals surface area contributed by atoms with E-state index in [4.69, 9.17) is 0 Å². The predicted octanol–water partition coefficient (Wildman–Crippen LogP) is 1.80. The van der Waals surface area contributed by atoms with Crippen molar-refractivity contribution in [2.24, 2.45) is 0 Å². The SMILES string of the molecule is COC(=O)C(CN(CC(F)(F)F)C(C)C)NC(C)C. The molecule has 0 rings (SSSR count). The smallest absolute Gasteiger partial charge is 0.401 e. The maximum absolute atomic E-state index is 12.5. The Hall–Kier alpha value is -0.820. The molecular formula is C12H23F3N2O2. The largest absolute Gasteiger partial charge is 0.468 e. The van der Waals surface area contributed by atoms with Gasteiger partial charge in [0.15, 0.2) is 0 Å². The molecule has 0 saturated carbocycles. The average molecular weight is 284 g/mol. The van der Waals surface area contributed by atoms with E-state index in [0.29, 0.717) is 0 Å². The van der Waals surface area contributed by atoms with Gasteiger partial charge in [-0.05, 0) is 13.8 Å². The van der Waals surface area contributed by atoms with Crippen molar-refractivity contribution >= 4 is 5.97 Å². The number of carbonyl (C=O) groups excluding carboxylic acids is 1. The van der Waals surface area contributed by atoms with E-state index in [1.807, 2.05) is 13.8 Å². The highest BCUT2D eigenvalue weighted by Crippen LogP contribution is 2.18. The molecule has 0 heterocycles. The number of hydrogen-bond donors (Lipinski definition) is 1. The average Bonchev–Trinajstić information content (AvgIpc) is 2.23. The summed E-state index contributed by atoms with van der Waals surface area (Å²) in [5.41, 5.74) is 0. The summed E-state index contributed by atoms with van der Waals surface area (Å²) in [6.45, 7) is 5.88. The normalized spacial score (nSPS) is 14.3. The summed E-state index contributed by atoms with van der Waals surface area (Å²) >= 11 is 0. The van der Waals surface area contributed by atoms with Crippen LogP contribution in [0.25, 0.3) is 0 Å². The highest BCUT2D eigenvalue weighted by atomic mass is 19.4. The number of ether oxygens (including phenoxy) is 1. The van der Waals surface area contributed by atoms with Gasteiger partial charge in [0, 0.05) is 18.6 Å². The number of esters is 1. The van der Waals surface area contributed by atoms with Crippen molar-refractivity contribution in [1.29, 1.82) is 0 Å². The van der Waals surface area contributed by atoms with Crippen molar-refractivity contribution in [3.8, 4) is 0 Å². The lowest BCUT2D eigenvalue weighted by molar-refractivity contribution is -0.155. The minimum Gasteiger partial charge on any atom is -0.468 e. The predicted molar refractivity (Wildman–Crippen MR) is 66.8 cm³/mol. The fourth-order valence-electron chi connectivity index (χ4n) is 1.66. The van der Waals surface area contributed by atoms with Crippen LogP contribution in [-0.4, -0.2) is 55.4 Å². The second-order valence-electron chi connectivity index (χ2n) is 5.04. The van der Waals surface area contributed by atoms with E-state index in [1.54, 1.807) is 13.8 Å². The molecule has 7 heteroatoms. The van der Waals surface area contributed by atoms with Crippen LogP contribution in [0.2, 0.25) is 0 Å². The van der Waals surface area contributed by atoms with Crippen LogP contribution in [0.3, 0.4) is 0 Å². The van der Waals surface area contributed by atoms with Gasteiger partial charge in [-0.15, -0.1) is 0 Å². The first kappa shape index (κ1) is 18.2. The van der Waals surface area contributed by atoms with Crippen molar-refractivity contribution in [1.82, 2.24) is 10.2 Å². The molecule has 0 aromatic rings. The molecule has 0 aromatic carbocycles. The van der Waals surface area contributed by atoms with E-state index >= 15 is 0 Å². The molecule has 0 fully saturated rings. The second-order valence-corrected chi connectivity index (χ2v) is 5.04. The van der Waals surface area contributed by atoms with Crippen molar-refractivity contribution in [2.75, 3.05) is 20.2 Å². The molecule has 0 aromatic heterocycles. The van der Waals surface area contributed by atoms with E-state index in [0.717, 1.165) is 0 Å². The summed E-state index contributed by atoms with van der Waals surface area (Å²) in [7, 11) is 1.22. The molecule has 0 aliphatic heterocycles. The van der Waals surface area contributed by atoms with Crippen LogP contribution < -0.4 is 5.32 Å². The lowest BCUT2D eigenvalue weighted by Gasteiger charge is -2.31. The number of rotatable bonds is 7. The number of alkyl halides is 3. The number of nitrogens with zero attached hydrogens (tertiary/aromatic N) is 1. The zero-order valence-corrected chi connectivity index (χ0v) is 12.0. The Morgan fingerprint density at radius 2 is 1.79 bits per heavy atom. The van der Waals surface area contributed by atoms with Crippen LogP contribution in [-0.2, 0) is 9.53 Å². The van der Waals surface area contributed by atoms with Gasteiger partial charge < -0.3 is 10.1 Å². The molecule has 19 heavy (non-hydrogen) atoms. The van der Waals surface area contributed by atoms with Crippen LogP contribution >= 0.6 is 0 Å². The maximum Gasteiger partial charge on any atom is 0.401 e. The van der Waals surface area contributed by atoms with Crippen molar-refractivity contribution in [2.45, 2.75) is 52.0 Å². The maximum atomic E-state index is 12.5. The quantitative estimate of drug-likeness (QED) is 0.724. The third-order valence-electron chi connectivity index (χ3n) is 2.55. The standard InChI is InChI=1S/C12H23F3N2O2/c1-8(2)16-10(11(18)19-5)6-17(9(3)4)7-12(13,14)15/h8-10,16H,6-7H2,1-5H3. The molecule has 0 radical (unpaired) electrons. The molecule has 1 atom stereocenters. The monoisotopic (exact) mass is 284 g/mol. The molecular weight excluding hydrogens is 261 g/mol. The summed E-state index contributed by atoms with van der Waals surface area (Å²) in [4.78, 5) is 12.8. The van der Waals surface area contributed by atoms with E-state index in [1.165, 1.54) is 12.0 Å². The first-order chi connectivity index (χ1) is 8.56. The minimum absolute atomic E-state index is 0.0241. The topological polar surface area (TPSA) is 41.6 Å². The van der Waals surface area contributed by atoms with Crippen molar-refractivity contribution < 1.29 is 22.7 Å². The number of hydrogen-bond acceptors (Lipinski definition) is 4. The van der Waals surface area contributed by atoms with Gasteiger partial charge in [0.1, 0.15) is 6.04 Å². The highest BCUT2D eigenvalue weighted by molar-refractivity contribution is 5.76. The van der Waals surface area contributed by atoms with Gasteiger partial charge in [-0.1, -0.05) is 13.8 Å². The third-order valence-corrected chi connectivity index (χ3v) is 2.55. The molecule has 0 aliphatic rings. The first-order valence-electron chi connectivity index (χ1n) is 6.21. The summed E-state index contributed by atoms with van der Waals surface area (Å²) in [5, 5.41) is 2.92.